The molecule has 1 aliphatic heterocycles. The minimum Gasteiger partial charge on any atom is -0.481 e. The van der Waals surface area contributed by atoms with Crippen LogP contribution in [0.1, 0.15) is 10.4 Å². The molecule has 0 bridgehead atoms. The molecule has 1 N–H and O–H groups in total. The van der Waals surface area contributed by atoms with Crippen LogP contribution in [0, 0.1) is 5.82 Å². The molecule has 3 aromatic rings. The van der Waals surface area contributed by atoms with Gasteiger partial charge in [-0.25, -0.2) is 14.4 Å². The number of amides is 1. The van der Waals surface area contributed by atoms with Crippen LogP contribution in [0.3, 0.4) is 0 Å². The number of pyridine rings is 1. The summed E-state index contributed by atoms with van der Waals surface area (Å²) < 4.78 is 18.6. The van der Waals surface area contributed by atoms with Crippen molar-refractivity contribution in [1.82, 2.24) is 14.9 Å². The van der Waals surface area contributed by atoms with Gasteiger partial charge in [0.05, 0.1) is 7.11 Å². The molecule has 0 radical (unpaired) electrons. The fourth-order valence-corrected chi connectivity index (χ4v) is 4.56. The van der Waals surface area contributed by atoms with Crippen LogP contribution in [0.4, 0.5) is 14.5 Å². The molecular formula is C23H25ClFN5O2S. The average molecular weight is 490 g/mol. The van der Waals surface area contributed by atoms with Crippen LogP contribution in [0.2, 0.25) is 0 Å². The van der Waals surface area contributed by atoms with Crippen LogP contribution in [0.15, 0.2) is 55.3 Å². The van der Waals surface area contributed by atoms with E-state index in [2.05, 4.69) is 26.7 Å². The van der Waals surface area contributed by atoms with Crippen molar-refractivity contribution in [1.29, 1.82) is 0 Å². The number of methoxy groups -OCH3 is 1. The summed E-state index contributed by atoms with van der Waals surface area (Å²) in [6.45, 7) is 8.15. The molecule has 0 saturated carbocycles. The number of ether oxygens (including phenoxy) is 1. The van der Waals surface area contributed by atoms with Crippen molar-refractivity contribution >= 4 is 39.8 Å². The van der Waals surface area contributed by atoms with Crippen molar-refractivity contribution in [3.63, 3.8) is 0 Å². The van der Waals surface area contributed by atoms with Gasteiger partial charge in [-0.3, -0.25) is 15.0 Å². The second kappa shape index (κ2) is 11.2. The third kappa shape index (κ3) is 5.87. The first-order chi connectivity index (χ1) is 15.6. The van der Waals surface area contributed by atoms with Gasteiger partial charge in [0.25, 0.3) is 5.91 Å². The molecule has 0 unspecified atom stereocenters. The molecule has 1 aromatic carbocycles. The Kier molecular flexibility index (Phi) is 8.37. The maximum atomic E-state index is 13.5. The molecule has 0 aliphatic carbocycles. The van der Waals surface area contributed by atoms with Crippen LogP contribution in [0.25, 0.3) is 11.3 Å². The smallest absolute Gasteiger partial charge is 0.257 e. The number of aromatic nitrogens is 2. The Morgan fingerprint density at radius 2 is 1.97 bits per heavy atom. The van der Waals surface area contributed by atoms with Gasteiger partial charge in [0.15, 0.2) is 5.13 Å². The van der Waals surface area contributed by atoms with Crippen LogP contribution in [-0.4, -0.2) is 60.6 Å². The summed E-state index contributed by atoms with van der Waals surface area (Å²) in [5.41, 5.74) is 1.96. The second-order valence-electron chi connectivity index (χ2n) is 7.30. The zero-order valence-corrected chi connectivity index (χ0v) is 19.8. The average Bonchev–Trinajstić information content (AvgIpc) is 3.24. The highest BCUT2D eigenvalue weighted by atomic mass is 35.5. The minimum atomic E-state index is -0.302. The number of piperazine rings is 1. The lowest BCUT2D eigenvalue weighted by Gasteiger charge is -2.35. The largest absolute Gasteiger partial charge is 0.481 e. The van der Waals surface area contributed by atoms with Crippen LogP contribution >= 0.6 is 23.7 Å². The normalized spacial score (nSPS) is 13.8. The van der Waals surface area contributed by atoms with Crippen molar-refractivity contribution in [2.24, 2.45) is 0 Å². The van der Waals surface area contributed by atoms with E-state index in [1.165, 1.54) is 36.8 Å². The predicted octanol–water partition coefficient (Wildman–Crippen LogP) is 4.33. The van der Waals surface area contributed by atoms with Crippen molar-refractivity contribution in [3.8, 4) is 17.1 Å². The standard InChI is InChI=1S/C23H24FN5O2S.ClH/c1-3-10-28-11-13-29(14-12-28)22-20(16-4-6-18(24)7-5-16)26-23(32-22)27-21(30)17-8-9-25-19(15-17)31-2;/h3-9,15H,1,10-14H2,2H3,(H,26,27,30);1H. The molecule has 1 amide bonds. The van der Waals surface area contributed by atoms with Crippen LogP contribution < -0.4 is 15.0 Å². The van der Waals surface area contributed by atoms with Crippen molar-refractivity contribution in [3.05, 3.63) is 66.6 Å². The van der Waals surface area contributed by atoms with Gasteiger partial charge in [-0.05, 0) is 30.3 Å². The van der Waals surface area contributed by atoms with E-state index in [0.717, 1.165) is 49.0 Å². The van der Waals surface area contributed by atoms with Crippen molar-refractivity contribution in [2.75, 3.05) is 50.1 Å². The molecule has 1 saturated heterocycles. The number of anilines is 2. The Bertz CT molecular complexity index is 1100. The Morgan fingerprint density at radius 1 is 1.24 bits per heavy atom. The number of benzene rings is 1. The lowest BCUT2D eigenvalue weighted by atomic mass is 10.1. The highest BCUT2D eigenvalue weighted by Gasteiger charge is 2.24. The van der Waals surface area contributed by atoms with Gasteiger partial charge in [-0.1, -0.05) is 17.4 Å². The van der Waals surface area contributed by atoms with E-state index in [1.807, 2.05) is 6.08 Å². The number of halogens is 2. The molecule has 10 heteroatoms. The van der Waals surface area contributed by atoms with Gasteiger partial charge in [-0.2, -0.15) is 0 Å². The van der Waals surface area contributed by atoms with Gasteiger partial charge in [0, 0.05) is 56.1 Å². The van der Waals surface area contributed by atoms with Gasteiger partial charge < -0.3 is 9.64 Å². The zero-order chi connectivity index (χ0) is 22.5. The fourth-order valence-electron chi connectivity index (χ4n) is 3.52. The number of hydrogen-bond donors (Lipinski definition) is 1. The fraction of sp³-hybridized carbons (Fsp3) is 0.261. The predicted molar refractivity (Wildman–Crippen MR) is 132 cm³/mol. The van der Waals surface area contributed by atoms with Crippen LogP contribution in [0.5, 0.6) is 5.88 Å². The Balaban J connectivity index is 0.00000306. The molecular weight excluding hydrogens is 465 g/mol. The number of rotatable bonds is 7. The van der Waals surface area contributed by atoms with Crippen molar-refractivity contribution in [2.45, 2.75) is 0 Å². The van der Waals surface area contributed by atoms with E-state index in [0.29, 0.717) is 16.6 Å². The van der Waals surface area contributed by atoms with Gasteiger partial charge in [-0.15, -0.1) is 19.0 Å². The van der Waals surface area contributed by atoms with E-state index < -0.39 is 0 Å². The molecule has 7 nitrogen and oxygen atoms in total. The highest BCUT2D eigenvalue weighted by molar-refractivity contribution is 7.20. The maximum absolute atomic E-state index is 13.5. The lowest BCUT2D eigenvalue weighted by Crippen LogP contribution is -2.46. The van der Waals surface area contributed by atoms with E-state index in [9.17, 15) is 9.18 Å². The van der Waals surface area contributed by atoms with E-state index in [-0.39, 0.29) is 24.1 Å². The molecule has 0 spiro atoms. The molecule has 2 aromatic heterocycles. The maximum Gasteiger partial charge on any atom is 0.257 e. The Morgan fingerprint density at radius 3 is 2.64 bits per heavy atom. The molecule has 3 heterocycles. The summed E-state index contributed by atoms with van der Waals surface area (Å²) in [5.74, 6) is -0.238. The summed E-state index contributed by atoms with van der Waals surface area (Å²) in [6.07, 6.45) is 3.43. The van der Waals surface area contributed by atoms with E-state index >= 15 is 0 Å². The number of carbonyl (C=O) groups is 1. The molecule has 1 aliphatic rings. The first-order valence-electron chi connectivity index (χ1n) is 10.2. The van der Waals surface area contributed by atoms with Gasteiger partial charge >= 0.3 is 0 Å². The Labute approximate surface area is 202 Å². The third-order valence-electron chi connectivity index (χ3n) is 5.20. The number of carbonyl (C=O) groups excluding carboxylic acids is 1. The Hall–Kier alpha value is -3.01. The topological polar surface area (TPSA) is 70.6 Å². The lowest BCUT2D eigenvalue weighted by molar-refractivity contribution is 0.102. The summed E-state index contributed by atoms with van der Waals surface area (Å²) in [4.78, 5) is 26.1. The monoisotopic (exact) mass is 489 g/mol. The van der Waals surface area contributed by atoms with E-state index in [1.54, 1.807) is 24.3 Å². The van der Waals surface area contributed by atoms with Gasteiger partial charge in [0.2, 0.25) is 5.88 Å². The quantitative estimate of drug-likeness (QED) is 0.498. The SMILES string of the molecule is C=CCN1CCN(c2sc(NC(=O)c3ccnc(OC)c3)nc2-c2ccc(F)cc2)CC1.Cl. The molecule has 1 fully saturated rings. The minimum absolute atomic E-state index is 0. The highest BCUT2D eigenvalue weighted by Crippen LogP contribution is 2.39. The summed E-state index contributed by atoms with van der Waals surface area (Å²) >= 11 is 1.42. The molecule has 174 valence electrons. The number of hydrogen-bond acceptors (Lipinski definition) is 7. The summed E-state index contributed by atoms with van der Waals surface area (Å²) in [5, 5.41) is 4.32. The number of nitrogens with zero attached hydrogens (tertiary/aromatic N) is 4. The van der Waals surface area contributed by atoms with Crippen molar-refractivity contribution < 1.29 is 13.9 Å². The summed E-state index contributed by atoms with van der Waals surface area (Å²) in [7, 11) is 1.50. The van der Waals surface area contributed by atoms with Crippen LogP contribution in [-0.2, 0) is 0 Å². The number of thiazole rings is 1. The first-order valence-corrected chi connectivity index (χ1v) is 11.1. The summed E-state index contributed by atoms with van der Waals surface area (Å²) in [6, 6.07) is 9.45. The zero-order valence-electron chi connectivity index (χ0n) is 18.2. The van der Waals surface area contributed by atoms with Gasteiger partial charge in [0.1, 0.15) is 16.5 Å². The van der Waals surface area contributed by atoms with E-state index in [4.69, 9.17) is 9.72 Å². The molecule has 0 atom stereocenters. The second-order valence-corrected chi connectivity index (χ2v) is 8.27. The number of nitrogens with one attached hydrogen (secondary N) is 1. The molecule has 33 heavy (non-hydrogen) atoms. The first kappa shape index (κ1) is 24.6. The third-order valence-corrected chi connectivity index (χ3v) is 6.23. The molecule has 4 rings (SSSR count).